The second-order valence-electron chi connectivity index (χ2n) is 25.9. The fourth-order valence-electron chi connectivity index (χ4n) is 10.8. The predicted molar refractivity (Wildman–Crippen MR) is 362 cm³/mol. The summed E-state index contributed by atoms with van der Waals surface area (Å²) in [6, 6.07) is -0.904. The third-order valence-corrected chi connectivity index (χ3v) is 17.4. The molecule has 0 saturated heterocycles. The van der Waals surface area contributed by atoms with Gasteiger partial charge in [-0.15, -0.1) is 0 Å². The van der Waals surface area contributed by atoms with E-state index in [2.05, 4.69) is 67.8 Å². The van der Waals surface area contributed by atoms with Gasteiger partial charge < -0.3 is 28.8 Å². The molecule has 3 unspecified atom stereocenters. The molecule has 0 spiro atoms. The van der Waals surface area contributed by atoms with Crippen molar-refractivity contribution in [3.05, 3.63) is 60.8 Å². The van der Waals surface area contributed by atoms with Crippen molar-refractivity contribution >= 4 is 13.7 Å². The highest BCUT2D eigenvalue weighted by molar-refractivity contribution is 7.45. The van der Waals surface area contributed by atoms with Gasteiger partial charge in [-0.3, -0.25) is 9.36 Å². The Labute approximate surface area is 517 Å². The van der Waals surface area contributed by atoms with E-state index < -0.39 is 20.0 Å². The molecule has 0 aromatic rings. The van der Waals surface area contributed by atoms with Gasteiger partial charge in [0.05, 0.1) is 39.9 Å². The van der Waals surface area contributed by atoms with E-state index in [0.29, 0.717) is 17.4 Å². The van der Waals surface area contributed by atoms with Crippen LogP contribution >= 0.6 is 7.82 Å². The minimum atomic E-state index is -4.61. The lowest BCUT2D eigenvalue weighted by Gasteiger charge is -2.29. The molecule has 0 rings (SSSR count). The van der Waals surface area contributed by atoms with Gasteiger partial charge in [0.25, 0.3) is 7.82 Å². The van der Waals surface area contributed by atoms with Crippen molar-refractivity contribution in [2.75, 3.05) is 40.9 Å². The van der Waals surface area contributed by atoms with Crippen LogP contribution in [0.4, 0.5) is 0 Å². The Hall–Kier alpha value is -1.80. The lowest BCUT2D eigenvalue weighted by atomic mass is 10.0. The molecular formula is C74H141N2O6P. The largest absolute Gasteiger partial charge is 0.756 e. The Balaban J connectivity index is 3.93. The molecule has 0 aliphatic heterocycles. The first-order valence-electron chi connectivity index (χ1n) is 36.2. The number of carbonyl (C=O) groups excluding carboxylic acids is 1. The van der Waals surface area contributed by atoms with Gasteiger partial charge in [-0.1, -0.05) is 338 Å². The smallest absolute Gasteiger partial charge is 0.268 e. The number of likely N-dealkylation sites (N-methyl/N-ethyl adjacent to an activating group) is 1. The van der Waals surface area contributed by atoms with Crippen molar-refractivity contribution < 1.29 is 32.9 Å². The second kappa shape index (κ2) is 64.7. The zero-order valence-electron chi connectivity index (χ0n) is 55.9. The number of allylic oxidation sites excluding steroid dienone is 9. The third-order valence-electron chi connectivity index (χ3n) is 16.4. The van der Waals surface area contributed by atoms with Crippen LogP contribution < -0.4 is 10.2 Å². The van der Waals surface area contributed by atoms with Crippen molar-refractivity contribution in [3.63, 3.8) is 0 Å². The zero-order chi connectivity index (χ0) is 60.5. The number of unbranched alkanes of at least 4 members (excludes halogenated alkanes) is 46. The van der Waals surface area contributed by atoms with Crippen LogP contribution in [0.5, 0.6) is 0 Å². The Bertz CT molecular complexity index is 1540. The monoisotopic (exact) mass is 1190 g/mol. The molecule has 2 N–H and O–H groups in total. The number of rotatable bonds is 67. The van der Waals surface area contributed by atoms with Crippen LogP contribution in [0.2, 0.25) is 0 Å². The SMILES string of the molecule is CCCCCCC/C=C\C/C=C\C/C=C\CCCCCCCCCCCCCCCCCCCCCCCCCCCCC(=O)NC(COP(=O)([O-])OCC[N+](C)(C)C)C(O)/C=C/CC/C=C/CCCCCCCCCCCCCCCC. The van der Waals surface area contributed by atoms with Gasteiger partial charge in [-0.2, -0.15) is 0 Å². The quantitative estimate of drug-likeness (QED) is 0.0272. The summed E-state index contributed by atoms with van der Waals surface area (Å²) in [4.78, 5) is 25.6. The van der Waals surface area contributed by atoms with E-state index in [1.807, 2.05) is 27.2 Å². The Morgan fingerprint density at radius 3 is 1.06 bits per heavy atom. The van der Waals surface area contributed by atoms with Crippen LogP contribution in [0.3, 0.4) is 0 Å². The standard InChI is InChI=1S/C74H141N2O6P/c1-6-8-10-12-14-16-18-20-22-24-26-28-29-30-31-32-33-34-35-36-37-38-39-40-41-42-43-44-45-46-47-48-50-52-54-56-58-60-62-64-66-68-74(78)75-72(71-82-83(79,80)81-70-69-76(3,4)5)73(77)67-65-63-61-59-57-55-53-51-49-27-25-23-21-19-17-15-13-11-9-7-2/h18,20,24,26,29-30,57,59,65,67,72-73,77H,6-17,19,21-23,25,27-28,31-56,58,60-64,66,68-71H2,1-5H3,(H-,75,78,79,80)/b20-18-,26-24-,30-29-,59-57+,67-65+. The van der Waals surface area contributed by atoms with E-state index in [1.165, 1.54) is 283 Å². The van der Waals surface area contributed by atoms with Crippen LogP contribution in [0.1, 0.15) is 354 Å². The fourth-order valence-corrected chi connectivity index (χ4v) is 11.6. The van der Waals surface area contributed by atoms with Gasteiger partial charge in [0.1, 0.15) is 13.2 Å². The Morgan fingerprint density at radius 2 is 0.711 bits per heavy atom. The number of aliphatic hydroxyl groups is 1. The van der Waals surface area contributed by atoms with Crippen molar-refractivity contribution in [3.8, 4) is 0 Å². The highest BCUT2D eigenvalue weighted by Gasteiger charge is 2.23. The van der Waals surface area contributed by atoms with E-state index in [-0.39, 0.29) is 19.1 Å². The van der Waals surface area contributed by atoms with Crippen LogP contribution in [0.15, 0.2) is 60.8 Å². The van der Waals surface area contributed by atoms with Gasteiger partial charge in [-0.05, 0) is 70.6 Å². The fraction of sp³-hybridized carbons (Fsp3) is 0.851. The summed E-state index contributed by atoms with van der Waals surface area (Å²) in [5.74, 6) is -0.201. The Morgan fingerprint density at radius 1 is 0.422 bits per heavy atom. The molecule has 0 aromatic heterocycles. The molecule has 3 atom stereocenters. The number of amides is 1. The molecular weight excluding hydrogens is 1040 g/mol. The molecule has 9 heteroatoms. The van der Waals surface area contributed by atoms with Gasteiger partial charge in [0, 0.05) is 6.42 Å². The minimum absolute atomic E-state index is 0.00534. The molecule has 488 valence electrons. The van der Waals surface area contributed by atoms with Crippen molar-refractivity contribution in [1.82, 2.24) is 5.32 Å². The number of quaternary nitrogens is 1. The number of aliphatic hydroxyl groups excluding tert-OH is 1. The van der Waals surface area contributed by atoms with Crippen LogP contribution in [0, 0.1) is 0 Å². The highest BCUT2D eigenvalue weighted by Crippen LogP contribution is 2.38. The molecule has 0 bridgehead atoms. The number of carbonyl (C=O) groups is 1. The molecule has 0 aromatic carbocycles. The van der Waals surface area contributed by atoms with Gasteiger partial charge in [0.15, 0.2) is 0 Å². The molecule has 0 aliphatic rings. The van der Waals surface area contributed by atoms with E-state index in [4.69, 9.17) is 9.05 Å². The van der Waals surface area contributed by atoms with Crippen molar-refractivity contribution in [2.24, 2.45) is 0 Å². The molecule has 0 heterocycles. The number of hydrogen-bond acceptors (Lipinski definition) is 6. The summed E-state index contributed by atoms with van der Waals surface area (Å²) in [5, 5.41) is 13.9. The van der Waals surface area contributed by atoms with Crippen LogP contribution in [-0.4, -0.2) is 68.5 Å². The number of nitrogens with zero attached hydrogens (tertiary/aromatic N) is 1. The summed E-state index contributed by atoms with van der Waals surface area (Å²) in [6.07, 6.45) is 89.4. The number of nitrogens with one attached hydrogen (secondary N) is 1. The predicted octanol–water partition coefficient (Wildman–Crippen LogP) is 22.5. The van der Waals surface area contributed by atoms with Gasteiger partial charge in [0.2, 0.25) is 5.91 Å². The Kier molecular flexibility index (Phi) is 63.3. The zero-order valence-corrected chi connectivity index (χ0v) is 56.8. The maximum atomic E-state index is 13.0. The highest BCUT2D eigenvalue weighted by atomic mass is 31.2. The first-order chi connectivity index (χ1) is 40.5. The van der Waals surface area contributed by atoms with E-state index in [9.17, 15) is 19.4 Å². The average molecular weight is 1190 g/mol. The lowest BCUT2D eigenvalue weighted by molar-refractivity contribution is -0.870. The number of phosphoric acid groups is 1. The average Bonchev–Trinajstić information content (AvgIpc) is 3.49. The summed E-state index contributed by atoms with van der Waals surface area (Å²) >= 11 is 0. The molecule has 83 heavy (non-hydrogen) atoms. The molecule has 1 amide bonds. The first kappa shape index (κ1) is 81.2. The summed E-state index contributed by atoms with van der Waals surface area (Å²) in [5.41, 5.74) is 0. The van der Waals surface area contributed by atoms with E-state index >= 15 is 0 Å². The summed E-state index contributed by atoms with van der Waals surface area (Å²) in [6.45, 7) is 4.66. The molecule has 0 aliphatic carbocycles. The minimum Gasteiger partial charge on any atom is -0.756 e. The third kappa shape index (κ3) is 67.6. The number of hydrogen-bond donors (Lipinski definition) is 2. The molecule has 0 fully saturated rings. The van der Waals surface area contributed by atoms with Gasteiger partial charge >= 0.3 is 0 Å². The molecule has 0 radical (unpaired) electrons. The summed E-state index contributed by atoms with van der Waals surface area (Å²) < 4.78 is 23.4. The van der Waals surface area contributed by atoms with Crippen molar-refractivity contribution in [1.29, 1.82) is 0 Å². The van der Waals surface area contributed by atoms with Gasteiger partial charge in [-0.25, -0.2) is 0 Å². The number of phosphoric ester groups is 1. The van der Waals surface area contributed by atoms with Crippen LogP contribution in [0.25, 0.3) is 0 Å². The van der Waals surface area contributed by atoms with Crippen molar-refractivity contribution in [2.45, 2.75) is 366 Å². The molecule has 0 saturated carbocycles. The van der Waals surface area contributed by atoms with Crippen LogP contribution in [-0.2, 0) is 18.4 Å². The normalized spacial score (nSPS) is 14.0. The maximum Gasteiger partial charge on any atom is 0.268 e. The second-order valence-corrected chi connectivity index (χ2v) is 27.3. The summed E-state index contributed by atoms with van der Waals surface area (Å²) in [7, 11) is 1.26. The lowest BCUT2D eigenvalue weighted by Crippen LogP contribution is -2.45. The topological polar surface area (TPSA) is 108 Å². The van der Waals surface area contributed by atoms with E-state index in [1.54, 1.807) is 6.08 Å². The maximum absolute atomic E-state index is 13.0. The van der Waals surface area contributed by atoms with E-state index in [0.717, 1.165) is 51.4 Å². The molecule has 8 nitrogen and oxygen atoms in total. The first-order valence-corrected chi connectivity index (χ1v) is 37.6.